The van der Waals surface area contributed by atoms with Gasteiger partial charge in [-0.25, -0.2) is 4.57 Å². The van der Waals surface area contributed by atoms with Gasteiger partial charge in [-0.3, -0.25) is 14.4 Å². The highest BCUT2D eigenvalue weighted by Crippen LogP contribution is 2.57. The van der Waals surface area contributed by atoms with Crippen molar-refractivity contribution in [2.24, 2.45) is 0 Å². The first kappa shape index (κ1) is 29.6. The summed E-state index contributed by atoms with van der Waals surface area (Å²) in [5, 5.41) is 8.88. The minimum absolute atomic E-state index is 0.0988. The molecule has 0 aliphatic carbocycles. The molecule has 10 nitrogen and oxygen atoms in total. The first-order valence-corrected chi connectivity index (χ1v) is 15.7. The summed E-state index contributed by atoms with van der Waals surface area (Å²) < 4.78 is 26.8. The van der Waals surface area contributed by atoms with E-state index in [-0.39, 0.29) is 35.3 Å². The lowest BCUT2D eigenvalue weighted by atomic mass is 10.2. The van der Waals surface area contributed by atoms with Gasteiger partial charge in [0.1, 0.15) is 11.5 Å². The molecular formula is C29H39N4O6P. The van der Waals surface area contributed by atoms with Crippen molar-refractivity contribution in [2.75, 3.05) is 26.2 Å². The molecule has 0 unspecified atom stereocenters. The van der Waals surface area contributed by atoms with Gasteiger partial charge in [0, 0.05) is 30.8 Å². The van der Waals surface area contributed by atoms with E-state index in [2.05, 4.69) is 16.0 Å². The average Bonchev–Trinajstić information content (AvgIpc) is 3.68. The molecule has 2 aliphatic heterocycles. The molecule has 40 heavy (non-hydrogen) atoms. The summed E-state index contributed by atoms with van der Waals surface area (Å²) >= 11 is 0. The maximum Gasteiger partial charge on any atom is 0.453 e. The molecular weight excluding hydrogens is 531 g/mol. The monoisotopic (exact) mass is 570 g/mol. The number of nitrogens with one attached hydrogen (secondary N) is 3. The summed E-state index contributed by atoms with van der Waals surface area (Å²) in [6.07, 6.45) is 4.43. The largest absolute Gasteiger partial charge is 0.453 e. The van der Waals surface area contributed by atoms with Crippen molar-refractivity contribution in [3.05, 3.63) is 59.7 Å². The molecule has 2 aromatic rings. The van der Waals surface area contributed by atoms with Gasteiger partial charge in [-0.2, -0.15) is 0 Å². The van der Waals surface area contributed by atoms with Crippen molar-refractivity contribution in [1.29, 1.82) is 0 Å². The number of hydrogen-bond donors (Lipinski definition) is 3. The highest BCUT2D eigenvalue weighted by atomic mass is 31.2. The Morgan fingerprint density at radius 2 is 1.38 bits per heavy atom. The third-order valence-corrected chi connectivity index (χ3v) is 9.19. The average molecular weight is 571 g/mol. The van der Waals surface area contributed by atoms with Gasteiger partial charge < -0.3 is 29.9 Å². The minimum Gasteiger partial charge on any atom is -0.415 e. The summed E-state index contributed by atoms with van der Waals surface area (Å²) in [4.78, 5) is 39.6. The van der Waals surface area contributed by atoms with E-state index in [1.807, 2.05) is 13.8 Å². The zero-order valence-corrected chi connectivity index (χ0v) is 24.1. The van der Waals surface area contributed by atoms with Gasteiger partial charge in [0.25, 0.3) is 11.8 Å². The highest BCUT2D eigenvalue weighted by Gasteiger charge is 2.49. The molecule has 2 saturated heterocycles. The number of benzene rings is 2. The van der Waals surface area contributed by atoms with Crippen LogP contribution in [0.15, 0.2) is 48.5 Å². The van der Waals surface area contributed by atoms with Gasteiger partial charge in [-0.15, -0.1) is 0 Å². The Morgan fingerprint density at radius 3 is 1.82 bits per heavy atom. The van der Waals surface area contributed by atoms with E-state index in [4.69, 9.17) is 9.05 Å². The summed E-state index contributed by atoms with van der Waals surface area (Å²) in [5.41, 5.74) is 0.914. The normalized spacial score (nSPS) is 18.8. The summed E-state index contributed by atoms with van der Waals surface area (Å²) in [6, 6.07) is 12.4. The zero-order chi connectivity index (χ0) is 28.5. The van der Waals surface area contributed by atoms with Crippen molar-refractivity contribution in [3.8, 4) is 11.5 Å². The van der Waals surface area contributed by atoms with Crippen LogP contribution < -0.4 is 25.0 Å². The van der Waals surface area contributed by atoms with E-state index < -0.39 is 13.4 Å². The number of nitrogens with zero attached hydrogens (tertiary/aromatic N) is 1. The Morgan fingerprint density at radius 1 is 0.850 bits per heavy atom. The fourth-order valence-corrected chi connectivity index (χ4v) is 7.06. The van der Waals surface area contributed by atoms with Crippen molar-refractivity contribution < 1.29 is 28.0 Å². The Kier molecular flexibility index (Phi) is 10.2. The molecule has 0 saturated carbocycles. The lowest BCUT2D eigenvalue weighted by molar-refractivity contribution is -0.132. The van der Waals surface area contributed by atoms with Crippen molar-refractivity contribution in [1.82, 2.24) is 20.9 Å². The van der Waals surface area contributed by atoms with Gasteiger partial charge in [0.2, 0.25) is 5.91 Å². The molecule has 2 heterocycles. The third kappa shape index (κ3) is 7.23. The van der Waals surface area contributed by atoms with Crippen LogP contribution in [0.4, 0.5) is 0 Å². The molecule has 3 N–H and O–H groups in total. The first-order chi connectivity index (χ1) is 19.3. The van der Waals surface area contributed by atoms with Crippen LogP contribution in [0.3, 0.4) is 0 Å². The maximum atomic E-state index is 14.6. The third-order valence-electron chi connectivity index (χ3n) is 7.00. The Labute approximate surface area is 235 Å². The minimum atomic E-state index is -4.00. The van der Waals surface area contributed by atoms with E-state index in [0.29, 0.717) is 43.6 Å². The lowest BCUT2D eigenvalue weighted by Gasteiger charge is -2.32. The van der Waals surface area contributed by atoms with Crippen LogP contribution >= 0.6 is 7.60 Å². The number of likely N-dealkylation sites (tertiary alicyclic amines) is 1. The Balaban J connectivity index is 1.58. The van der Waals surface area contributed by atoms with E-state index in [1.165, 1.54) is 0 Å². The fourth-order valence-electron chi connectivity index (χ4n) is 4.88. The Hall–Kier alpha value is -3.36. The fraction of sp³-hybridized carbons (Fsp3) is 0.483. The van der Waals surface area contributed by atoms with Crippen LogP contribution in [-0.4, -0.2) is 60.6 Å². The second-order valence-electron chi connectivity index (χ2n) is 10.1. The SMILES string of the molecule is CCCNC(=O)c1ccc(OP(=O)(Oc2ccc(C(=O)NCCC)cc2)[C@@H]2CCCN2C(=O)[C@@H]2CCCN2)cc1. The molecule has 2 fully saturated rings. The molecule has 0 bridgehead atoms. The van der Waals surface area contributed by atoms with E-state index in [9.17, 15) is 18.9 Å². The van der Waals surface area contributed by atoms with Crippen molar-refractivity contribution in [2.45, 2.75) is 64.2 Å². The molecule has 0 aromatic heterocycles. The number of hydrogen-bond acceptors (Lipinski definition) is 7. The van der Waals surface area contributed by atoms with Crippen molar-refractivity contribution in [3.63, 3.8) is 0 Å². The summed E-state index contributed by atoms with van der Waals surface area (Å²) in [5.74, 6) is -0.741. The number of carbonyl (C=O) groups is 3. The van der Waals surface area contributed by atoms with Crippen LogP contribution in [0.1, 0.15) is 73.1 Å². The van der Waals surface area contributed by atoms with Crippen LogP contribution in [-0.2, 0) is 9.36 Å². The maximum absolute atomic E-state index is 14.6. The molecule has 2 aliphatic rings. The Bertz CT molecular complexity index is 1140. The first-order valence-electron chi connectivity index (χ1n) is 14.1. The summed E-state index contributed by atoms with van der Waals surface area (Å²) in [6.45, 7) is 6.33. The predicted molar refractivity (Wildman–Crippen MR) is 153 cm³/mol. The van der Waals surface area contributed by atoms with Gasteiger partial charge in [-0.05, 0) is 93.6 Å². The number of amides is 3. The standard InChI is InChI=1S/C29H39N4O6P/c1-3-17-31-27(34)21-9-13-23(14-10-21)38-40(37,26-8-6-20-33(26)29(36)25-7-5-19-30-25)39-24-15-11-22(12-16-24)28(35)32-18-4-2/h9-16,25-26,30H,3-8,17-20H2,1-2H3,(H,31,34)(H,32,35)/t25-,26+/m0/s1. The van der Waals surface area contributed by atoms with Crippen molar-refractivity contribution >= 4 is 25.3 Å². The quantitative estimate of drug-likeness (QED) is 0.325. The molecule has 0 radical (unpaired) electrons. The highest BCUT2D eigenvalue weighted by molar-refractivity contribution is 7.55. The predicted octanol–water partition coefficient (Wildman–Crippen LogP) is 4.32. The van der Waals surface area contributed by atoms with Crippen LogP contribution in [0.2, 0.25) is 0 Å². The van der Waals surface area contributed by atoms with Gasteiger partial charge in [-0.1, -0.05) is 13.8 Å². The summed E-state index contributed by atoms with van der Waals surface area (Å²) in [7, 11) is -4.00. The second kappa shape index (κ2) is 13.8. The topological polar surface area (TPSA) is 126 Å². The molecule has 216 valence electrons. The van der Waals surface area contributed by atoms with Gasteiger partial charge in [0.05, 0.1) is 6.04 Å². The molecule has 0 spiro atoms. The lowest BCUT2D eigenvalue weighted by Crippen LogP contribution is -2.46. The van der Waals surface area contributed by atoms with Gasteiger partial charge >= 0.3 is 7.60 Å². The van der Waals surface area contributed by atoms with Crippen LogP contribution in [0, 0.1) is 0 Å². The van der Waals surface area contributed by atoms with E-state index >= 15 is 0 Å². The second-order valence-corrected chi connectivity index (χ2v) is 12.1. The van der Waals surface area contributed by atoms with Crippen LogP contribution in [0.25, 0.3) is 0 Å². The van der Waals surface area contributed by atoms with E-state index in [1.54, 1.807) is 53.4 Å². The van der Waals surface area contributed by atoms with E-state index in [0.717, 1.165) is 32.2 Å². The molecule has 3 amide bonds. The zero-order valence-electron chi connectivity index (χ0n) is 23.2. The number of carbonyl (C=O) groups excluding carboxylic acids is 3. The molecule has 2 aromatic carbocycles. The molecule has 11 heteroatoms. The van der Waals surface area contributed by atoms with Crippen LogP contribution in [0.5, 0.6) is 11.5 Å². The molecule has 2 atom stereocenters. The molecule has 4 rings (SSSR count). The van der Waals surface area contributed by atoms with Gasteiger partial charge in [0.15, 0.2) is 5.78 Å². The number of rotatable bonds is 12. The smallest absolute Gasteiger partial charge is 0.415 e.